The molecule has 0 bridgehead atoms. The van der Waals surface area contributed by atoms with Crippen LogP contribution in [-0.4, -0.2) is 75.2 Å². The Morgan fingerprint density at radius 1 is 0.349 bits per heavy atom. The zero-order valence-corrected chi connectivity index (χ0v) is 108. The molecule has 0 radical (unpaired) electrons. The lowest BCUT2D eigenvalue weighted by atomic mass is 9.78. The molecule has 13 rings (SSSR count). The number of methoxy groups -OCH3 is 1. The molecule has 149 heavy (non-hydrogen) atoms. The standard InChI is InChI=1S/C16H18.C12H18O.C10H19NO.C10H20.C9H16F2.3C9H18.C8H16O.C8H16.C7H14.2C7H16.C6H12.C6H14.C3H7NO.C3H6O2/c1-13(2)16(14-9-5-3-6-10-14)15-11-7-4-8-12-15;1-10(2)11(3)13-9-12-7-5-4-6-8-12;1-8(2)10-4-6-11(7-5-10)9(3)12;1-9(2)10-7-5-3-4-6-8-10;1-7(2)8-3-5-9(10,11)6-4-8;3*1-8(2)9-6-4-3-5-7-9;1-7(2)8-3-5-9-6-4-8;1-7(2)8-5-3-4-6-8;1-6(2)7-4-3-5-7;1-6(2)7(3,4)5;1-5-7(4)6(2)3;1-5(2)6-3-4-6;1-5(2)6(3)4;1-3(5)4-2;1-3(4)5-2/h3-13,16H,1-2H3;4-8,10-11H,9H2,1-3H3;8,10H,4-7H2,1-3H3;9-10H,3-8H2,1-2H3;7-8H,3-6H2,1-2H3;3*8-9H,3-7H2,1-2H3;7-8H,3-6H2,1-2H3;7-8H,3-6H2,1-2H3;6-7H,3-5H2,1-2H3;6H,1-5H3;6-7H,5H2,1-4H3;5-6H,3-4H2,1-2H3;5-6H,1-4H3;1-2H3,(H,4,5);1-2H3. The van der Waals surface area contributed by atoms with E-state index in [1.807, 2.05) is 23.1 Å². The number of hydrogen-bond donors (Lipinski definition) is 1. The highest BCUT2D eigenvalue weighted by molar-refractivity contribution is 5.73. The van der Waals surface area contributed by atoms with Gasteiger partial charge in [-0.1, -0.05) is 533 Å². The molecule has 2 amide bonds. The van der Waals surface area contributed by atoms with Crippen LogP contribution in [0.4, 0.5) is 8.78 Å². The minimum Gasteiger partial charge on any atom is -0.469 e. The van der Waals surface area contributed by atoms with Gasteiger partial charge in [0.25, 0.3) is 0 Å². The van der Waals surface area contributed by atoms with Crippen LogP contribution in [0.3, 0.4) is 0 Å². The second kappa shape index (κ2) is 91.8. The van der Waals surface area contributed by atoms with Gasteiger partial charge in [-0.05, 0) is 240 Å². The molecule has 2 saturated heterocycles. The fourth-order valence-electron chi connectivity index (χ4n) is 19.6. The summed E-state index contributed by atoms with van der Waals surface area (Å²) in [5.74, 6) is 22.2. The van der Waals surface area contributed by atoms with Gasteiger partial charge < -0.3 is 24.4 Å². The third-order valence-corrected chi connectivity index (χ3v) is 35.2. The number of nitrogens with zero attached hydrogens (tertiary/aromatic N) is 1. The van der Waals surface area contributed by atoms with Crippen LogP contribution in [0.15, 0.2) is 91.0 Å². The van der Waals surface area contributed by atoms with E-state index in [0.717, 1.165) is 169 Å². The van der Waals surface area contributed by atoms with Gasteiger partial charge in [0, 0.05) is 72.9 Å². The summed E-state index contributed by atoms with van der Waals surface area (Å²) < 4.78 is 40.3. The fourth-order valence-corrected chi connectivity index (χ4v) is 19.6. The second-order valence-electron chi connectivity index (χ2n) is 53.4. The topological polar surface area (TPSA) is 94.2 Å². The first-order valence-electron chi connectivity index (χ1n) is 63.0. The largest absolute Gasteiger partial charge is 0.469 e. The lowest BCUT2D eigenvalue weighted by Crippen LogP contribution is -2.38. The van der Waals surface area contributed by atoms with Crippen LogP contribution in [0.1, 0.15) is 557 Å². The molecule has 2 atom stereocenters. The summed E-state index contributed by atoms with van der Waals surface area (Å²) in [4.78, 5) is 32.3. The number of benzene rings is 3. The average Bonchev–Trinajstić information content (AvgIpc) is 1.83. The zero-order chi connectivity index (χ0) is 114. The number of likely N-dealkylation sites (tertiary alicyclic amines) is 1. The number of alkyl halides is 2. The monoisotopic (exact) mass is 2090 g/mol. The van der Waals surface area contributed by atoms with Crippen molar-refractivity contribution in [2.24, 2.45) is 165 Å². The van der Waals surface area contributed by atoms with Crippen LogP contribution in [0.25, 0.3) is 0 Å². The summed E-state index contributed by atoms with van der Waals surface area (Å²) in [6.07, 6.45) is 53.0. The zero-order valence-electron chi connectivity index (χ0n) is 108. The van der Waals surface area contributed by atoms with E-state index >= 15 is 0 Å². The summed E-state index contributed by atoms with van der Waals surface area (Å²) in [7, 11) is 2.95. The molecule has 10 fully saturated rings. The number of halogens is 2. The molecule has 3 aromatic carbocycles. The summed E-state index contributed by atoms with van der Waals surface area (Å²) in [5.41, 5.74) is 4.56. The number of ether oxygens (including phenoxy) is 3. The Morgan fingerprint density at radius 3 is 0.779 bits per heavy atom. The van der Waals surface area contributed by atoms with Gasteiger partial charge in [0.1, 0.15) is 0 Å². The van der Waals surface area contributed by atoms with E-state index in [1.54, 1.807) is 14.0 Å². The molecule has 0 spiro atoms. The van der Waals surface area contributed by atoms with Gasteiger partial charge in [-0.2, -0.15) is 0 Å². The van der Waals surface area contributed by atoms with E-state index in [0.29, 0.717) is 54.0 Å². The number of rotatable bonds is 20. The number of piperidine rings is 1. The first kappa shape index (κ1) is 151. The Hall–Kier alpha value is -4.15. The highest BCUT2D eigenvalue weighted by Gasteiger charge is 2.36. The first-order valence-corrected chi connectivity index (χ1v) is 63.0. The van der Waals surface area contributed by atoms with Crippen molar-refractivity contribution in [3.8, 4) is 0 Å². The van der Waals surface area contributed by atoms with Crippen molar-refractivity contribution >= 4 is 17.8 Å². The first-order chi connectivity index (χ1) is 69.8. The Balaban J connectivity index is -0.000000756. The molecule has 3 aromatic rings. The van der Waals surface area contributed by atoms with Crippen molar-refractivity contribution in [3.05, 3.63) is 108 Å². The molecule has 8 saturated carbocycles. The minimum absolute atomic E-state index is 0.00463. The molecule has 2 aliphatic heterocycles. The second-order valence-corrected chi connectivity index (χ2v) is 53.4. The third kappa shape index (κ3) is 85.6. The normalized spacial score (nSPS) is 18.4. The van der Waals surface area contributed by atoms with Crippen LogP contribution in [0.2, 0.25) is 0 Å². The van der Waals surface area contributed by atoms with Gasteiger partial charge in [0.15, 0.2) is 0 Å². The van der Waals surface area contributed by atoms with Gasteiger partial charge in [-0.3, -0.25) is 14.4 Å². The fraction of sp³-hybridized carbons (Fsp3) is 0.849. The van der Waals surface area contributed by atoms with Gasteiger partial charge >= 0.3 is 5.97 Å². The molecular weight excluding hydrogens is 1830 g/mol. The van der Waals surface area contributed by atoms with Crippen LogP contribution in [0, 0.1) is 165 Å². The molecule has 8 nitrogen and oxygen atoms in total. The number of carbonyl (C=O) groups excluding carboxylic acids is 3. The van der Waals surface area contributed by atoms with E-state index in [9.17, 15) is 23.2 Å². The summed E-state index contributed by atoms with van der Waals surface area (Å²) >= 11 is 0. The van der Waals surface area contributed by atoms with Crippen molar-refractivity contribution < 1.29 is 37.4 Å². The van der Waals surface area contributed by atoms with E-state index < -0.39 is 5.92 Å². The van der Waals surface area contributed by atoms with Crippen LogP contribution < -0.4 is 5.32 Å². The van der Waals surface area contributed by atoms with E-state index in [-0.39, 0.29) is 30.6 Å². The Morgan fingerprint density at radius 2 is 0.591 bits per heavy atom. The smallest absolute Gasteiger partial charge is 0.302 e. The molecule has 2 unspecified atom stereocenters. The molecule has 8 aliphatic carbocycles. The average molecular weight is 2100 g/mol. The van der Waals surface area contributed by atoms with Gasteiger partial charge in [0.2, 0.25) is 17.7 Å². The number of amides is 2. The predicted octanol–water partition coefficient (Wildman–Crippen LogP) is 43.4. The lowest BCUT2D eigenvalue weighted by Gasteiger charge is -2.33. The van der Waals surface area contributed by atoms with Crippen LogP contribution >= 0.6 is 0 Å². The number of carbonyl (C=O) groups is 3. The van der Waals surface area contributed by atoms with Crippen molar-refractivity contribution in [2.45, 2.75) is 559 Å². The molecule has 2 heterocycles. The SMILES string of the molecule is CC(=O)N1CCC(C(C)C)CC1.CC(C)C(C)(C)C.CC(C)C(C)C.CC(C)C(C)OCc1ccccc1.CC(C)C(c1ccccc1)c1ccccc1.CC(C)C1CC1.CC(C)C1CCC(F)(F)CC1.CC(C)C1CCC1.CC(C)C1CCCC1.CC(C)C1CCCCC1.CC(C)C1CCCCC1.CC(C)C1CCCCC1.CC(C)C1CCCCCC1.CC(C)C1CCOCC1.CCC(C)C(C)C.CNC(C)=O.COC(C)=O. The number of hydrogen-bond acceptors (Lipinski definition) is 6. The van der Waals surface area contributed by atoms with Gasteiger partial charge in [-0.25, -0.2) is 8.78 Å². The third-order valence-electron chi connectivity index (χ3n) is 35.2. The van der Waals surface area contributed by atoms with Crippen LogP contribution in [0.5, 0.6) is 0 Å². The Kier molecular flexibility index (Phi) is 93.1. The number of nitrogens with one attached hydrogen (secondary N) is 1. The summed E-state index contributed by atoms with van der Waals surface area (Å²) in [6.45, 7) is 95.7. The number of esters is 1. The van der Waals surface area contributed by atoms with Gasteiger partial charge in [-0.15, -0.1) is 0 Å². The van der Waals surface area contributed by atoms with Crippen molar-refractivity contribution in [1.29, 1.82) is 0 Å². The van der Waals surface area contributed by atoms with Crippen molar-refractivity contribution in [1.82, 2.24) is 10.2 Å². The quantitative estimate of drug-likeness (QED) is 0.0895. The molecule has 10 aliphatic rings. The van der Waals surface area contributed by atoms with E-state index in [4.69, 9.17) is 9.47 Å². The summed E-state index contributed by atoms with van der Waals surface area (Å²) in [5, 5.41) is 2.39. The molecule has 0 aromatic heterocycles. The molecule has 1 N–H and O–H groups in total. The maximum atomic E-state index is 12.6. The highest BCUT2D eigenvalue weighted by atomic mass is 19.3. The van der Waals surface area contributed by atoms with Crippen molar-refractivity contribution in [3.63, 3.8) is 0 Å². The predicted molar refractivity (Wildman–Crippen MR) is 658 cm³/mol. The van der Waals surface area contributed by atoms with Gasteiger partial charge in [0.05, 0.1) is 19.8 Å². The molecular formula is C139H262F2N2O6. The van der Waals surface area contributed by atoms with Crippen molar-refractivity contribution in [2.75, 3.05) is 40.5 Å². The lowest BCUT2D eigenvalue weighted by molar-refractivity contribution is -0.138. The Bertz CT molecular complexity index is 3200. The van der Waals surface area contributed by atoms with E-state index in [2.05, 4.69) is 346 Å². The Labute approximate surface area is 931 Å². The minimum atomic E-state index is -2.36. The molecule has 878 valence electrons. The maximum Gasteiger partial charge on any atom is 0.302 e. The summed E-state index contributed by atoms with van der Waals surface area (Å²) in [6, 6.07) is 31.8. The van der Waals surface area contributed by atoms with E-state index in [1.165, 1.54) is 262 Å². The highest BCUT2D eigenvalue weighted by Crippen LogP contribution is 2.41. The molecule has 10 heteroatoms. The van der Waals surface area contributed by atoms with Crippen LogP contribution in [-0.2, 0) is 35.2 Å². The maximum absolute atomic E-state index is 12.6.